The van der Waals surface area contributed by atoms with E-state index in [2.05, 4.69) is 0 Å². The Morgan fingerprint density at radius 1 is 1.13 bits per heavy atom. The molecule has 4 heteroatoms. The molecule has 0 heterocycles. The Bertz CT molecular complexity index is 213. The molecule has 0 spiro atoms. The molecule has 0 radical (unpaired) electrons. The smallest absolute Gasteiger partial charge is 0.310 e. The third-order valence-electron chi connectivity index (χ3n) is 1.29. The second-order valence-electron chi connectivity index (χ2n) is 5.56. The van der Waals surface area contributed by atoms with Gasteiger partial charge in [-0.15, -0.1) is 0 Å². The minimum absolute atomic E-state index is 0.0779. The van der Waals surface area contributed by atoms with Gasteiger partial charge in [-0.3, -0.25) is 4.79 Å². The van der Waals surface area contributed by atoms with Gasteiger partial charge >= 0.3 is 5.97 Å². The molecule has 4 nitrogen and oxygen atoms in total. The van der Waals surface area contributed by atoms with Crippen LogP contribution < -0.4 is 5.73 Å². The molecule has 0 aromatic rings. The molecule has 0 aliphatic rings. The van der Waals surface area contributed by atoms with Crippen LogP contribution in [0.4, 0.5) is 0 Å². The first-order valence-corrected chi connectivity index (χ1v) is 5.15. The van der Waals surface area contributed by atoms with Crippen molar-refractivity contribution < 1.29 is 14.3 Å². The summed E-state index contributed by atoms with van der Waals surface area (Å²) in [5.41, 5.74) is 4.84. The maximum Gasteiger partial charge on any atom is 0.310 e. The molecule has 15 heavy (non-hydrogen) atoms. The Labute approximate surface area is 92.1 Å². The summed E-state index contributed by atoms with van der Waals surface area (Å²) in [5, 5.41) is 0. The molecule has 0 saturated carbocycles. The lowest BCUT2D eigenvalue weighted by Crippen LogP contribution is -2.37. The molecule has 0 aromatic heterocycles. The Morgan fingerprint density at radius 3 is 1.93 bits per heavy atom. The summed E-state index contributed by atoms with van der Waals surface area (Å²) in [5.74, 6) is -0.334. The number of ether oxygens (including phenoxy) is 2. The maximum atomic E-state index is 11.4. The van der Waals surface area contributed by atoms with Crippen molar-refractivity contribution in [2.45, 2.75) is 65.4 Å². The molecule has 0 rings (SSSR count). The van der Waals surface area contributed by atoms with Gasteiger partial charge in [0.2, 0.25) is 0 Å². The van der Waals surface area contributed by atoms with Gasteiger partial charge in [0.05, 0.1) is 12.0 Å². The molecular formula is C11H23NO3. The molecule has 90 valence electrons. The number of rotatable bonds is 3. The first kappa shape index (κ1) is 14.4. The average molecular weight is 217 g/mol. The molecule has 0 amide bonds. The molecule has 0 aliphatic carbocycles. The van der Waals surface area contributed by atoms with Crippen molar-refractivity contribution in [3.63, 3.8) is 0 Å². The predicted molar refractivity (Wildman–Crippen MR) is 59.3 cm³/mol. The standard InChI is InChI=1S/C11H23NO3/c1-10(2,3)14-8(12)7-9(13)15-11(4,5)6/h8H,7,12H2,1-6H3. The minimum atomic E-state index is -0.611. The molecule has 0 bridgehead atoms. The Balaban J connectivity index is 3.98. The number of nitrogens with two attached hydrogens (primary N) is 1. The van der Waals surface area contributed by atoms with Gasteiger partial charge < -0.3 is 15.2 Å². The molecule has 1 unspecified atom stereocenters. The summed E-state index contributed by atoms with van der Waals surface area (Å²) in [7, 11) is 0. The average Bonchev–Trinajstić information content (AvgIpc) is 1.73. The highest BCUT2D eigenvalue weighted by Gasteiger charge is 2.22. The summed E-state index contributed by atoms with van der Waals surface area (Å²) >= 11 is 0. The number of carbonyl (C=O) groups excluding carboxylic acids is 1. The van der Waals surface area contributed by atoms with Crippen LogP contribution in [-0.4, -0.2) is 23.4 Å². The number of esters is 1. The highest BCUT2D eigenvalue weighted by Crippen LogP contribution is 2.13. The second kappa shape index (κ2) is 4.94. The molecule has 2 N–H and O–H groups in total. The van der Waals surface area contributed by atoms with Crippen LogP contribution in [0.15, 0.2) is 0 Å². The van der Waals surface area contributed by atoms with Crippen molar-refractivity contribution in [1.82, 2.24) is 0 Å². The van der Waals surface area contributed by atoms with Gasteiger partial charge in [-0.1, -0.05) is 0 Å². The van der Waals surface area contributed by atoms with Crippen LogP contribution in [0.3, 0.4) is 0 Å². The van der Waals surface area contributed by atoms with E-state index in [4.69, 9.17) is 15.2 Å². The lowest BCUT2D eigenvalue weighted by molar-refractivity contribution is -0.160. The van der Waals surface area contributed by atoms with Crippen molar-refractivity contribution in [1.29, 1.82) is 0 Å². The first-order chi connectivity index (χ1) is 6.49. The van der Waals surface area contributed by atoms with Gasteiger partial charge in [-0.25, -0.2) is 0 Å². The summed E-state index contributed by atoms with van der Waals surface area (Å²) in [6.45, 7) is 11.1. The third-order valence-corrected chi connectivity index (χ3v) is 1.29. The van der Waals surface area contributed by atoms with Crippen LogP contribution in [0.1, 0.15) is 48.0 Å². The number of hydrogen-bond donors (Lipinski definition) is 1. The van der Waals surface area contributed by atoms with Crippen molar-refractivity contribution in [2.75, 3.05) is 0 Å². The van der Waals surface area contributed by atoms with Crippen LogP contribution in [0.5, 0.6) is 0 Å². The largest absolute Gasteiger partial charge is 0.460 e. The van der Waals surface area contributed by atoms with Crippen molar-refractivity contribution >= 4 is 5.97 Å². The van der Waals surface area contributed by atoms with E-state index in [9.17, 15) is 4.79 Å². The maximum absolute atomic E-state index is 11.4. The highest BCUT2D eigenvalue weighted by atomic mass is 16.6. The monoisotopic (exact) mass is 217 g/mol. The van der Waals surface area contributed by atoms with E-state index in [0.29, 0.717) is 0 Å². The van der Waals surface area contributed by atoms with Crippen LogP contribution in [0, 0.1) is 0 Å². The SMILES string of the molecule is CC(C)(C)OC(=O)CC(N)OC(C)(C)C. The molecule has 0 aromatic carbocycles. The Morgan fingerprint density at radius 2 is 1.60 bits per heavy atom. The van der Waals surface area contributed by atoms with Crippen molar-refractivity contribution in [3.8, 4) is 0 Å². The van der Waals surface area contributed by atoms with E-state index in [1.54, 1.807) is 0 Å². The fourth-order valence-electron chi connectivity index (χ4n) is 1.04. The van der Waals surface area contributed by atoms with E-state index in [1.165, 1.54) is 0 Å². The summed E-state index contributed by atoms with van der Waals surface area (Å²) in [4.78, 5) is 11.4. The first-order valence-electron chi connectivity index (χ1n) is 5.15. The van der Waals surface area contributed by atoms with E-state index in [0.717, 1.165) is 0 Å². The topological polar surface area (TPSA) is 61.5 Å². The van der Waals surface area contributed by atoms with Gasteiger partial charge in [-0.05, 0) is 41.5 Å². The third kappa shape index (κ3) is 9.69. The van der Waals surface area contributed by atoms with Gasteiger partial charge in [0.25, 0.3) is 0 Å². The zero-order valence-corrected chi connectivity index (χ0v) is 10.6. The zero-order chi connectivity index (χ0) is 12.3. The minimum Gasteiger partial charge on any atom is -0.460 e. The molecule has 0 aliphatic heterocycles. The highest BCUT2D eigenvalue weighted by molar-refractivity contribution is 5.70. The van der Waals surface area contributed by atoms with E-state index in [1.807, 2.05) is 41.5 Å². The van der Waals surface area contributed by atoms with Crippen LogP contribution in [0.2, 0.25) is 0 Å². The normalized spacial score (nSPS) is 14.9. The molecule has 0 saturated heterocycles. The number of hydrogen-bond acceptors (Lipinski definition) is 4. The van der Waals surface area contributed by atoms with Gasteiger partial charge in [0.15, 0.2) is 0 Å². The van der Waals surface area contributed by atoms with E-state index >= 15 is 0 Å². The number of carbonyl (C=O) groups is 1. The lowest BCUT2D eigenvalue weighted by Gasteiger charge is -2.25. The van der Waals surface area contributed by atoms with E-state index < -0.39 is 11.8 Å². The zero-order valence-electron chi connectivity index (χ0n) is 10.6. The predicted octanol–water partition coefficient (Wildman–Crippen LogP) is 1.82. The summed E-state index contributed by atoms with van der Waals surface area (Å²) in [6, 6.07) is 0. The van der Waals surface area contributed by atoms with Crippen molar-refractivity contribution in [3.05, 3.63) is 0 Å². The Hall–Kier alpha value is -0.610. The lowest BCUT2D eigenvalue weighted by atomic mass is 10.2. The summed E-state index contributed by atoms with van der Waals surface area (Å²) < 4.78 is 10.5. The van der Waals surface area contributed by atoms with Crippen LogP contribution in [0.25, 0.3) is 0 Å². The second-order valence-corrected chi connectivity index (χ2v) is 5.56. The fourth-order valence-corrected chi connectivity index (χ4v) is 1.04. The quantitative estimate of drug-likeness (QED) is 0.578. The van der Waals surface area contributed by atoms with Crippen molar-refractivity contribution in [2.24, 2.45) is 5.73 Å². The van der Waals surface area contributed by atoms with Crippen LogP contribution in [-0.2, 0) is 14.3 Å². The summed E-state index contributed by atoms with van der Waals surface area (Å²) in [6.07, 6.45) is -0.533. The fraction of sp³-hybridized carbons (Fsp3) is 0.909. The Kier molecular flexibility index (Phi) is 4.74. The van der Waals surface area contributed by atoms with Gasteiger partial charge in [0, 0.05) is 0 Å². The van der Waals surface area contributed by atoms with Crippen LogP contribution >= 0.6 is 0 Å². The molecule has 1 atom stereocenters. The molecule has 0 fully saturated rings. The van der Waals surface area contributed by atoms with Gasteiger partial charge in [0.1, 0.15) is 11.8 Å². The van der Waals surface area contributed by atoms with Gasteiger partial charge in [-0.2, -0.15) is 0 Å². The molecular weight excluding hydrogens is 194 g/mol. The van der Waals surface area contributed by atoms with E-state index in [-0.39, 0.29) is 18.0 Å².